The Balaban J connectivity index is 2.72. The highest BCUT2D eigenvalue weighted by Crippen LogP contribution is 2.10. The fraction of sp³-hybridized carbons (Fsp3) is 0.417. The molecule has 82 valence electrons. The van der Waals surface area contributed by atoms with Crippen LogP contribution in [0.25, 0.3) is 0 Å². The Morgan fingerprint density at radius 3 is 2.33 bits per heavy atom. The number of hydrogen-bond donors (Lipinski definition) is 0. The quantitative estimate of drug-likeness (QED) is 0.708. The van der Waals surface area contributed by atoms with Crippen LogP contribution in [0.3, 0.4) is 0 Å². The van der Waals surface area contributed by atoms with Gasteiger partial charge in [0.2, 0.25) is 0 Å². The summed E-state index contributed by atoms with van der Waals surface area (Å²) < 4.78 is 12.6. The van der Waals surface area contributed by atoms with Gasteiger partial charge in [-0.05, 0) is 38.4 Å². The fourth-order valence-electron chi connectivity index (χ4n) is 1.53. The largest absolute Gasteiger partial charge is 0.309 e. The van der Waals surface area contributed by atoms with E-state index in [1.807, 2.05) is 25.9 Å². The number of benzene rings is 1. The molecule has 0 saturated heterocycles. The molecule has 1 unspecified atom stereocenters. The maximum absolute atomic E-state index is 12.6. The third-order valence-electron chi connectivity index (χ3n) is 2.22. The average Bonchev–Trinajstić information content (AvgIpc) is 2.17. The highest BCUT2D eigenvalue weighted by molar-refractivity contribution is 5.97. The summed E-state index contributed by atoms with van der Waals surface area (Å²) in [6.45, 7) is 2.59. The van der Waals surface area contributed by atoms with E-state index in [9.17, 15) is 9.18 Å². The second-order valence-corrected chi connectivity index (χ2v) is 4.03. The van der Waals surface area contributed by atoms with Gasteiger partial charge in [0.1, 0.15) is 5.82 Å². The predicted molar refractivity (Wildman–Crippen MR) is 58.4 cm³/mol. The lowest BCUT2D eigenvalue weighted by molar-refractivity contribution is 0.0910. The molecular formula is C12H16FNO. The minimum Gasteiger partial charge on any atom is -0.309 e. The zero-order valence-corrected chi connectivity index (χ0v) is 9.33. The van der Waals surface area contributed by atoms with E-state index < -0.39 is 0 Å². The monoisotopic (exact) mass is 209 g/mol. The Kier molecular flexibility index (Phi) is 3.97. The molecule has 1 atom stereocenters. The maximum atomic E-state index is 12.6. The van der Waals surface area contributed by atoms with Gasteiger partial charge in [0, 0.05) is 18.0 Å². The number of Topliss-reactive ketones (excluding diaryl/α,β-unsaturated/α-hetero) is 1. The van der Waals surface area contributed by atoms with Gasteiger partial charge in [-0.3, -0.25) is 4.79 Å². The predicted octanol–water partition coefficient (Wildman–Crippen LogP) is 2.21. The summed E-state index contributed by atoms with van der Waals surface area (Å²) in [5.41, 5.74) is 0.575. The third-order valence-corrected chi connectivity index (χ3v) is 2.22. The molecule has 0 aliphatic heterocycles. The highest BCUT2D eigenvalue weighted by atomic mass is 19.1. The normalized spacial score (nSPS) is 12.9. The second kappa shape index (κ2) is 5.03. The Bertz CT molecular complexity index is 332. The molecule has 0 amide bonds. The van der Waals surface area contributed by atoms with E-state index >= 15 is 0 Å². The first kappa shape index (κ1) is 11.9. The van der Waals surface area contributed by atoms with Crippen molar-refractivity contribution in [3.63, 3.8) is 0 Å². The van der Waals surface area contributed by atoms with Gasteiger partial charge in [0.25, 0.3) is 0 Å². The van der Waals surface area contributed by atoms with Crippen LogP contribution in [-0.4, -0.2) is 31.3 Å². The zero-order chi connectivity index (χ0) is 11.4. The third kappa shape index (κ3) is 3.44. The first-order chi connectivity index (χ1) is 7.00. The van der Waals surface area contributed by atoms with Crippen molar-refractivity contribution in [3.05, 3.63) is 35.6 Å². The van der Waals surface area contributed by atoms with Crippen LogP contribution < -0.4 is 0 Å². The molecule has 0 spiro atoms. The molecule has 0 saturated carbocycles. The molecule has 0 aliphatic carbocycles. The van der Waals surface area contributed by atoms with Gasteiger partial charge in [-0.2, -0.15) is 0 Å². The minimum absolute atomic E-state index is 0.0590. The number of nitrogens with zero attached hydrogens (tertiary/aromatic N) is 1. The molecule has 0 aromatic heterocycles. The van der Waals surface area contributed by atoms with Crippen LogP contribution in [0.5, 0.6) is 0 Å². The molecule has 0 bridgehead atoms. The van der Waals surface area contributed by atoms with Crippen LogP contribution in [0.15, 0.2) is 24.3 Å². The van der Waals surface area contributed by atoms with Crippen LogP contribution in [0.2, 0.25) is 0 Å². The summed E-state index contributed by atoms with van der Waals surface area (Å²) in [6, 6.07) is 5.69. The minimum atomic E-state index is -0.313. The zero-order valence-electron chi connectivity index (χ0n) is 9.33. The molecule has 0 fully saturated rings. The number of carbonyl (C=O) groups excluding carboxylic acids is 1. The van der Waals surface area contributed by atoms with Gasteiger partial charge in [0.15, 0.2) is 5.78 Å². The smallest absolute Gasteiger partial charge is 0.166 e. The van der Waals surface area contributed by atoms with E-state index in [1.54, 1.807) is 0 Å². The molecule has 1 aromatic carbocycles. The SMILES string of the molecule is CC(CN(C)C)C(=O)c1ccc(F)cc1. The Morgan fingerprint density at radius 1 is 1.33 bits per heavy atom. The van der Waals surface area contributed by atoms with Crippen molar-refractivity contribution in [3.8, 4) is 0 Å². The fourth-order valence-corrected chi connectivity index (χ4v) is 1.53. The number of ketones is 1. The summed E-state index contributed by atoms with van der Waals surface area (Å²) in [7, 11) is 3.85. The Labute approximate surface area is 89.7 Å². The maximum Gasteiger partial charge on any atom is 0.166 e. The molecule has 15 heavy (non-hydrogen) atoms. The number of halogens is 1. The lowest BCUT2D eigenvalue weighted by Crippen LogP contribution is -2.25. The first-order valence-corrected chi connectivity index (χ1v) is 4.95. The van der Waals surface area contributed by atoms with Crippen LogP contribution >= 0.6 is 0 Å². The molecule has 0 aliphatic rings. The van der Waals surface area contributed by atoms with Crippen molar-refractivity contribution in [1.29, 1.82) is 0 Å². The Morgan fingerprint density at radius 2 is 1.87 bits per heavy atom. The second-order valence-electron chi connectivity index (χ2n) is 4.03. The lowest BCUT2D eigenvalue weighted by Gasteiger charge is -2.15. The van der Waals surface area contributed by atoms with E-state index in [4.69, 9.17) is 0 Å². The van der Waals surface area contributed by atoms with E-state index in [-0.39, 0.29) is 17.5 Å². The van der Waals surface area contributed by atoms with Crippen molar-refractivity contribution in [2.24, 2.45) is 5.92 Å². The molecule has 0 heterocycles. The summed E-state index contributed by atoms with van der Waals surface area (Å²) in [5.74, 6) is -0.319. The van der Waals surface area contributed by atoms with Crippen LogP contribution in [0, 0.1) is 11.7 Å². The van der Waals surface area contributed by atoms with Crippen molar-refractivity contribution >= 4 is 5.78 Å². The van der Waals surface area contributed by atoms with Gasteiger partial charge in [-0.15, -0.1) is 0 Å². The lowest BCUT2D eigenvalue weighted by atomic mass is 9.99. The molecule has 1 aromatic rings. The van der Waals surface area contributed by atoms with Gasteiger partial charge in [0.05, 0.1) is 0 Å². The van der Waals surface area contributed by atoms with Crippen molar-refractivity contribution in [1.82, 2.24) is 4.90 Å². The standard InChI is InChI=1S/C12H16FNO/c1-9(8-14(2)3)12(15)10-4-6-11(13)7-5-10/h4-7,9H,8H2,1-3H3. The molecule has 0 N–H and O–H groups in total. The van der Waals surface area contributed by atoms with E-state index in [0.29, 0.717) is 12.1 Å². The topological polar surface area (TPSA) is 20.3 Å². The van der Waals surface area contributed by atoms with E-state index in [0.717, 1.165) is 0 Å². The molecular weight excluding hydrogens is 193 g/mol. The first-order valence-electron chi connectivity index (χ1n) is 4.95. The van der Waals surface area contributed by atoms with Crippen LogP contribution in [-0.2, 0) is 0 Å². The molecule has 0 radical (unpaired) electrons. The van der Waals surface area contributed by atoms with Crippen molar-refractivity contribution in [2.45, 2.75) is 6.92 Å². The molecule has 2 nitrogen and oxygen atoms in total. The highest BCUT2D eigenvalue weighted by Gasteiger charge is 2.15. The summed E-state index contributed by atoms with van der Waals surface area (Å²) in [6.07, 6.45) is 0. The van der Waals surface area contributed by atoms with Gasteiger partial charge < -0.3 is 4.90 Å². The summed E-state index contributed by atoms with van der Waals surface area (Å²) >= 11 is 0. The summed E-state index contributed by atoms with van der Waals surface area (Å²) in [4.78, 5) is 13.8. The van der Waals surface area contributed by atoms with Crippen LogP contribution in [0.1, 0.15) is 17.3 Å². The Hall–Kier alpha value is -1.22. The summed E-state index contributed by atoms with van der Waals surface area (Å²) in [5, 5.41) is 0. The number of rotatable bonds is 4. The molecule has 1 rings (SSSR count). The van der Waals surface area contributed by atoms with E-state index in [2.05, 4.69) is 0 Å². The number of hydrogen-bond acceptors (Lipinski definition) is 2. The van der Waals surface area contributed by atoms with Crippen molar-refractivity contribution in [2.75, 3.05) is 20.6 Å². The molecule has 3 heteroatoms. The van der Waals surface area contributed by atoms with Gasteiger partial charge in [-0.25, -0.2) is 4.39 Å². The van der Waals surface area contributed by atoms with Gasteiger partial charge in [-0.1, -0.05) is 6.92 Å². The van der Waals surface area contributed by atoms with Crippen molar-refractivity contribution < 1.29 is 9.18 Å². The van der Waals surface area contributed by atoms with E-state index in [1.165, 1.54) is 24.3 Å². The van der Waals surface area contributed by atoms with Crippen LogP contribution in [0.4, 0.5) is 4.39 Å². The number of carbonyl (C=O) groups is 1. The van der Waals surface area contributed by atoms with Gasteiger partial charge >= 0.3 is 0 Å². The average molecular weight is 209 g/mol.